The van der Waals surface area contributed by atoms with E-state index in [0.717, 1.165) is 0 Å². The number of aromatic nitrogens is 1. The van der Waals surface area contributed by atoms with Crippen LogP contribution in [-0.4, -0.2) is 4.40 Å². The second-order valence-electron chi connectivity index (χ2n) is 7.83. The highest BCUT2D eigenvalue weighted by molar-refractivity contribution is 6.31. The quantitative estimate of drug-likeness (QED) is 0.242. The highest BCUT2D eigenvalue weighted by Crippen LogP contribution is 2.40. The third-order valence-electron chi connectivity index (χ3n) is 6.33. The van der Waals surface area contributed by atoms with E-state index in [0.29, 0.717) is 0 Å². The van der Waals surface area contributed by atoms with Gasteiger partial charge in [-0.15, -0.1) is 0 Å². The molecule has 1 nitrogen and oxygen atoms in total. The molecule has 7 rings (SSSR count). The molecule has 29 heavy (non-hydrogen) atoms. The molecule has 0 N–H and O–H groups in total. The fourth-order valence-electron chi connectivity index (χ4n) is 5.08. The molecular weight excluding hydrogens is 350 g/mol. The first-order valence-electron chi connectivity index (χ1n) is 10.0. The Hall–Kier alpha value is -3.84. The third kappa shape index (κ3) is 1.89. The molecule has 0 bridgehead atoms. The molecule has 2 aromatic heterocycles. The lowest BCUT2D eigenvalue weighted by molar-refractivity contribution is 1.30. The van der Waals surface area contributed by atoms with Gasteiger partial charge in [0.2, 0.25) is 0 Å². The van der Waals surface area contributed by atoms with E-state index >= 15 is 0 Å². The number of rotatable bonds is 0. The maximum atomic E-state index is 2.40. The van der Waals surface area contributed by atoms with Crippen LogP contribution >= 0.6 is 0 Å². The Morgan fingerprint density at radius 2 is 1.00 bits per heavy atom. The van der Waals surface area contributed by atoms with E-state index in [1.165, 1.54) is 59.5 Å². The van der Waals surface area contributed by atoms with Crippen molar-refractivity contribution in [2.45, 2.75) is 0 Å². The molecule has 7 aromatic rings. The summed E-state index contributed by atoms with van der Waals surface area (Å²) in [7, 11) is 0. The summed E-state index contributed by atoms with van der Waals surface area (Å²) >= 11 is 0. The molecule has 1 heteroatoms. The summed E-state index contributed by atoms with van der Waals surface area (Å²) in [6.07, 6.45) is 2.29. The molecule has 0 amide bonds. The predicted octanol–water partition coefficient (Wildman–Crippen LogP) is 7.71. The van der Waals surface area contributed by atoms with Crippen LogP contribution in [0, 0.1) is 0 Å². The summed E-state index contributed by atoms with van der Waals surface area (Å²) < 4.78 is 2.40. The summed E-state index contributed by atoms with van der Waals surface area (Å²) in [6.45, 7) is 0. The molecule has 0 unspecified atom stereocenters. The Morgan fingerprint density at radius 3 is 1.76 bits per heavy atom. The fourth-order valence-corrected chi connectivity index (χ4v) is 5.08. The van der Waals surface area contributed by atoms with Crippen molar-refractivity contribution in [3.8, 4) is 0 Å². The van der Waals surface area contributed by atoms with Gasteiger partial charge in [0.1, 0.15) is 0 Å². The number of nitrogens with zero attached hydrogens (tertiary/aromatic N) is 1. The lowest BCUT2D eigenvalue weighted by atomic mass is 9.95. The normalized spacial score (nSPS) is 12.1. The summed E-state index contributed by atoms with van der Waals surface area (Å²) in [5.41, 5.74) is 2.56. The molecule has 0 aliphatic heterocycles. The van der Waals surface area contributed by atoms with Crippen molar-refractivity contribution in [2.75, 3.05) is 0 Å². The van der Waals surface area contributed by atoms with E-state index in [-0.39, 0.29) is 0 Å². The van der Waals surface area contributed by atoms with Crippen LogP contribution in [0.5, 0.6) is 0 Å². The van der Waals surface area contributed by atoms with Crippen LogP contribution in [-0.2, 0) is 0 Å². The van der Waals surface area contributed by atoms with Crippen molar-refractivity contribution in [3.63, 3.8) is 0 Å². The van der Waals surface area contributed by atoms with E-state index in [4.69, 9.17) is 0 Å². The van der Waals surface area contributed by atoms with Crippen molar-refractivity contribution in [1.82, 2.24) is 4.40 Å². The van der Waals surface area contributed by atoms with Gasteiger partial charge in [0, 0.05) is 27.7 Å². The largest absolute Gasteiger partial charge is 0.315 e. The zero-order chi connectivity index (χ0) is 18.9. The Balaban J connectivity index is 1.94. The molecule has 5 aromatic carbocycles. The zero-order valence-corrected chi connectivity index (χ0v) is 15.8. The van der Waals surface area contributed by atoms with Gasteiger partial charge in [0.15, 0.2) is 0 Å². The molecule has 0 spiro atoms. The van der Waals surface area contributed by atoms with Crippen LogP contribution in [0.3, 0.4) is 0 Å². The maximum Gasteiger partial charge on any atom is 0.0619 e. The Labute approximate surface area is 167 Å². The summed E-state index contributed by atoms with van der Waals surface area (Å²) in [5.74, 6) is 0. The van der Waals surface area contributed by atoms with Crippen LogP contribution in [0.4, 0.5) is 0 Å². The molecule has 0 saturated carbocycles. The monoisotopic (exact) mass is 367 g/mol. The average Bonchev–Trinajstić information content (AvgIpc) is 3.18. The van der Waals surface area contributed by atoms with Gasteiger partial charge in [0.05, 0.1) is 11.0 Å². The number of hydrogen-bond acceptors (Lipinski definition) is 0. The van der Waals surface area contributed by atoms with E-state index in [9.17, 15) is 0 Å². The number of fused-ring (bicyclic) bond motifs is 12. The van der Waals surface area contributed by atoms with Gasteiger partial charge in [0.25, 0.3) is 0 Å². The van der Waals surface area contributed by atoms with Crippen LogP contribution in [0.25, 0.3) is 59.5 Å². The SMILES string of the molecule is c1ccc2c(c1)ccc1c2c2ccc3ccccc3c2c2c3ccccc3cn12. The second kappa shape index (κ2) is 5.36. The average molecular weight is 367 g/mol. The molecular formula is C28H17N. The topological polar surface area (TPSA) is 4.41 Å². The summed E-state index contributed by atoms with van der Waals surface area (Å²) in [5, 5.41) is 11.8. The van der Waals surface area contributed by atoms with Gasteiger partial charge in [-0.1, -0.05) is 91.0 Å². The smallest absolute Gasteiger partial charge is 0.0619 e. The van der Waals surface area contributed by atoms with E-state index in [2.05, 4.69) is 108 Å². The van der Waals surface area contributed by atoms with E-state index < -0.39 is 0 Å². The van der Waals surface area contributed by atoms with Crippen LogP contribution in [0.2, 0.25) is 0 Å². The Bertz CT molecular complexity index is 1750. The van der Waals surface area contributed by atoms with Gasteiger partial charge in [-0.2, -0.15) is 0 Å². The number of benzene rings is 5. The summed E-state index contributed by atoms with van der Waals surface area (Å²) in [6, 6.07) is 35.3. The van der Waals surface area contributed by atoms with Crippen molar-refractivity contribution < 1.29 is 0 Å². The van der Waals surface area contributed by atoms with Crippen molar-refractivity contribution in [1.29, 1.82) is 0 Å². The molecule has 134 valence electrons. The third-order valence-corrected chi connectivity index (χ3v) is 6.33. The minimum Gasteiger partial charge on any atom is -0.315 e. The van der Waals surface area contributed by atoms with Gasteiger partial charge < -0.3 is 4.40 Å². The first-order chi connectivity index (χ1) is 14.4. The lowest BCUT2D eigenvalue weighted by Gasteiger charge is -2.14. The van der Waals surface area contributed by atoms with Gasteiger partial charge >= 0.3 is 0 Å². The van der Waals surface area contributed by atoms with Crippen molar-refractivity contribution >= 4 is 59.5 Å². The molecule has 2 heterocycles. The van der Waals surface area contributed by atoms with Crippen molar-refractivity contribution in [3.05, 3.63) is 103 Å². The predicted molar refractivity (Wildman–Crippen MR) is 125 cm³/mol. The van der Waals surface area contributed by atoms with Gasteiger partial charge in [-0.3, -0.25) is 0 Å². The summed E-state index contributed by atoms with van der Waals surface area (Å²) in [4.78, 5) is 0. The lowest BCUT2D eigenvalue weighted by Crippen LogP contribution is -1.92. The first-order valence-corrected chi connectivity index (χ1v) is 10.0. The molecule has 0 fully saturated rings. The molecule has 0 saturated heterocycles. The fraction of sp³-hybridized carbons (Fsp3) is 0. The van der Waals surface area contributed by atoms with E-state index in [1.807, 2.05) is 0 Å². The Kier molecular flexibility index (Phi) is 2.80. The molecule has 0 aliphatic rings. The van der Waals surface area contributed by atoms with Crippen molar-refractivity contribution in [2.24, 2.45) is 0 Å². The molecule has 0 aliphatic carbocycles. The van der Waals surface area contributed by atoms with Crippen LogP contribution in [0.1, 0.15) is 0 Å². The first kappa shape index (κ1) is 15.1. The second-order valence-corrected chi connectivity index (χ2v) is 7.83. The van der Waals surface area contributed by atoms with Crippen LogP contribution < -0.4 is 0 Å². The minimum absolute atomic E-state index is 1.26. The van der Waals surface area contributed by atoms with Gasteiger partial charge in [-0.05, 0) is 33.0 Å². The number of pyridine rings is 1. The van der Waals surface area contributed by atoms with Gasteiger partial charge in [-0.25, -0.2) is 0 Å². The molecule has 0 atom stereocenters. The number of hydrogen-bond donors (Lipinski definition) is 0. The van der Waals surface area contributed by atoms with Crippen LogP contribution in [0.15, 0.2) is 103 Å². The standard InChI is InChI=1S/C28H17N/c1-4-10-21-19(8-1)14-16-25-26(21)24-15-13-18-7-2-5-11-22(18)27(24)28-23-12-6-3-9-20(23)17-29(25)28/h1-17H. The van der Waals surface area contributed by atoms with E-state index in [1.54, 1.807) is 0 Å². The zero-order valence-electron chi connectivity index (χ0n) is 15.8. The highest BCUT2D eigenvalue weighted by atomic mass is 14.9. The maximum absolute atomic E-state index is 2.40. The Morgan fingerprint density at radius 1 is 0.414 bits per heavy atom. The molecule has 0 radical (unpaired) electrons. The minimum atomic E-state index is 1.26. The highest BCUT2D eigenvalue weighted by Gasteiger charge is 2.16.